The third-order valence-electron chi connectivity index (χ3n) is 3.94. The fraction of sp³-hybridized carbons (Fsp3) is 1.00. The molecule has 3 heteroatoms. The van der Waals surface area contributed by atoms with E-state index < -0.39 is 0 Å². The van der Waals surface area contributed by atoms with Crippen LogP contribution in [0.1, 0.15) is 38.5 Å². The molecular weight excluding hydrogens is 202 g/mol. The summed E-state index contributed by atoms with van der Waals surface area (Å²) in [5, 5.41) is 9.06. The number of hydrogen-bond acceptors (Lipinski definition) is 3. The van der Waals surface area contributed by atoms with Crippen LogP contribution in [0.15, 0.2) is 0 Å². The van der Waals surface area contributed by atoms with E-state index in [1.54, 1.807) is 0 Å². The number of nitrogens with zero attached hydrogens (tertiary/aromatic N) is 1. The average Bonchev–Trinajstić information content (AvgIpc) is 2.78. The summed E-state index contributed by atoms with van der Waals surface area (Å²) >= 11 is 0. The van der Waals surface area contributed by atoms with E-state index in [4.69, 9.17) is 9.84 Å². The van der Waals surface area contributed by atoms with Gasteiger partial charge < -0.3 is 14.7 Å². The van der Waals surface area contributed by atoms with Gasteiger partial charge in [-0.25, -0.2) is 0 Å². The Labute approximate surface area is 98.8 Å². The van der Waals surface area contributed by atoms with E-state index in [0.717, 1.165) is 32.7 Å². The van der Waals surface area contributed by atoms with Crippen molar-refractivity contribution in [3.63, 3.8) is 0 Å². The molecule has 1 saturated carbocycles. The number of ether oxygens (including phenoxy) is 1. The van der Waals surface area contributed by atoms with Crippen LogP contribution in [0.5, 0.6) is 0 Å². The quantitative estimate of drug-likeness (QED) is 0.775. The molecule has 3 nitrogen and oxygen atoms in total. The van der Waals surface area contributed by atoms with Crippen LogP contribution in [0.25, 0.3) is 0 Å². The molecule has 0 aromatic rings. The van der Waals surface area contributed by atoms with Crippen LogP contribution in [-0.4, -0.2) is 49.0 Å². The standard InChI is InChI=1S/C13H25NO2/c15-11-12-6-7-14(10-12)8-9-16-13-4-2-1-3-5-13/h12-13,15H,1-11H2. The fourth-order valence-corrected chi connectivity index (χ4v) is 2.85. The molecule has 1 aliphatic heterocycles. The molecule has 0 spiro atoms. The summed E-state index contributed by atoms with van der Waals surface area (Å²) in [5.74, 6) is 0.509. The van der Waals surface area contributed by atoms with Gasteiger partial charge in [0.05, 0.1) is 12.7 Å². The van der Waals surface area contributed by atoms with Gasteiger partial charge in [-0.2, -0.15) is 0 Å². The first kappa shape index (κ1) is 12.3. The smallest absolute Gasteiger partial charge is 0.0597 e. The first-order valence-electron chi connectivity index (χ1n) is 6.83. The summed E-state index contributed by atoms with van der Waals surface area (Å²) in [4.78, 5) is 2.42. The first-order valence-corrected chi connectivity index (χ1v) is 6.83. The first-order chi connectivity index (χ1) is 7.88. The van der Waals surface area contributed by atoms with Gasteiger partial charge in [-0.1, -0.05) is 19.3 Å². The Morgan fingerprint density at radius 3 is 2.62 bits per heavy atom. The Bertz CT molecular complexity index is 192. The van der Waals surface area contributed by atoms with Gasteiger partial charge >= 0.3 is 0 Å². The second kappa shape index (κ2) is 6.58. The SMILES string of the molecule is OCC1CCN(CCOC2CCCCC2)C1. The highest BCUT2D eigenvalue weighted by molar-refractivity contribution is 4.74. The van der Waals surface area contributed by atoms with Crippen LogP contribution in [0.3, 0.4) is 0 Å². The molecule has 2 aliphatic rings. The molecule has 1 heterocycles. The lowest BCUT2D eigenvalue weighted by atomic mass is 9.98. The molecule has 94 valence electrons. The molecule has 1 atom stereocenters. The molecule has 0 amide bonds. The van der Waals surface area contributed by atoms with Gasteiger partial charge in [-0.05, 0) is 31.7 Å². The summed E-state index contributed by atoms with van der Waals surface area (Å²) in [6.45, 7) is 4.47. The van der Waals surface area contributed by atoms with Crippen LogP contribution in [0.4, 0.5) is 0 Å². The normalized spacial score (nSPS) is 28.7. The maximum atomic E-state index is 9.06. The van der Waals surface area contributed by atoms with Crippen molar-refractivity contribution in [1.82, 2.24) is 4.90 Å². The Kier molecular flexibility index (Phi) is 5.07. The molecule has 0 aromatic carbocycles. The summed E-state index contributed by atoms with van der Waals surface area (Å²) in [6.07, 6.45) is 8.30. The average molecular weight is 227 g/mol. The second-order valence-corrected chi connectivity index (χ2v) is 5.27. The molecule has 0 bridgehead atoms. The number of rotatable bonds is 5. The van der Waals surface area contributed by atoms with Crippen molar-refractivity contribution in [2.45, 2.75) is 44.6 Å². The molecule has 2 rings (SSSR count). The van der Waals surface area contributed by atoms with Gasteiger partial charge in [0.1, 0.15) is 0 Å². The maximum Gasteiger partial charge on any atom is 0.0597 e. The van der Waals surface area contributed by atoms with Crippen LogP contribution >= 0.6 is 0 Å². The predicted octanol–water partition coefficient (Wildman–Crippen LogP) is 1.65. The van der Waals surface area contributed by atoms with Gasteiger partial charge in [0.2, 0.25) is 0 Å². The topological polar surface area (TPSA) is 32.7 Å². The highest BCUT2D eigenvalue weighted by Gasteiger charge is 2.21. The highest BCUT2D eigenvalue weighted by Crippen LogP contribution is 2.20. The van der Waals surface area contributed by atoms with Gasteiger partial charge in [-0.15, -0.1) is 0 Å². The van der Waals surface area contributed by atoms with E-state index in [0.29, 0.717) is 18.6 Å². The molecule has 0 aromatic heterocycles. The van der Waals surface area contributed by atoms with E-state index in [-0.39, 0.29) is 0 Å². The Morgan fingerprint density at radius 2 is 1.94 bits per heavy atom. The van der Waals surface area contributed by atoms with Gasteiger partial charge in [0, 0.05) is 19.7 Å². The van der Waals surface area contributed by atoms with Crippen LogP contribution in [0.2, 0.25) is 0 Å². The van der Waals surface area contributed by atoms with Gasteiger partial charge in [0.15, 0.2) is 0 Å². The van der Waals surface area contributed by atoms with Gasteiger partial charge in [-0.3, -0.25) is 0 Å². The third-order valence-corrected chi connectivity index (χ3v) is 3.94. The Hall–Kier alpha value is -0.120. The summed E-state index contributed by atoms with van der Waals surface area (Å²) < 4.78 is 5.91. The van der Waals surface area contributed by atoms with Crippen molar-refractivity contribution >= 4 is 0 Å². The molecule has 0 radical (unpaired) electrons. The molecule has 16 heavy (non-hydrogen) atoms. The number of aliphatic hydroxyl groups excluding tert-OH is 1. The zero-order valence-corrected chi connectivity index (χ0v) is 10.2. The van der Waals surface area contributed by atoms with E-state index in [1.165, 1.54) is 32.1 Å². The molecule has 2 fully saturated rings. The van der Waals surface area contributed by atoms with Crippen molar-refractivity contribution in [3.05, 3.63) is 0 Å². The minimum Gasteiger partial charge on any atom is -0.396 e. The molecular formula is C13H25NO2. The van der Waals surface area contributed by atoms with Crippen LogP contribution in [-0.2, 0) is 4.74 Å². The van der Waals surface area contributed by atoms with E-state index >= 15 is 0 Å². The minimum atomic E-state index is 0.347. The van der Waals surface area contributed by atoms with Crippen molar-refractivity contribution in [2.24, 2.45) is 5.92 Å². The van der Waals surface area contributed by atoms with Gasteiger partial charge in [0.25, 0.3) is 0 Å². The van der Waals surface area contributed by atoms with Crippen molar-refractivity contribution in [1.29, 1.82) is 0 Å². The van der Waals surface area contributed by atoms with Crippen LogP contribution < -0.4 is 0 Å². The largest absolute Gasteiger partial charge is 0.396 e. The van der Waals surface area contributed by atoms with E-state index in [1.807, 2.05) is 0 Å². The predicted molar refractivity (Wildman–Crippen MR) is 64.5 cm³/mol. The molecule has 1 N–H and O–H groups in total. The summed E-state index contributed by atoms with van der Waals surface area (Å²) in [5.41, 5.74) is 0. The van der Waals surface area contributed by atoms with E-state index in [9.17, 15) is 0 Å². The molecule has 1 aliphatic carbocycles. The van der Waals surface area contributed by atoms with Crippen molar-refractivity contribution in [3.8, 4) is 0 Å². The van der Waals surface area contributed by atoms with Crippen molar-refractivity contribution < 1.29 is 9.84 Å². The number of likely N-dealkylation sites (tertiary alicyclic amines) is 1. The Balaban J connectivity index is 1.54. The zero-order chi connectivity index (χ0) is 11.2. The second-order valence-electron chi connectivity index (χ2n) is 5.27. The number of aliphatic hydroxyl groups is 1. The Morgan fingerprint density at radius 1 is 1.12 bits per heavy atom. The lowest BCUT2D eigenvalue weighted by Crippen LogP contribution is -2.28. The van der Waals surface area contributed by atoms with E-state index in [2.05, 4.69) is 4.90 Å². The minimum absolute atomic E-state index is 0.347. The lowest BCUT2D eigenvalue weighted by Gasteiger charge is -2.23. The highest BCUT2D eigenvalue weighted by atomic mass is 16.5. The monoisotopic (exact) mass is 227 g/mol. The lowest BCUT2D eigenvalue weighted by molar-refractivity contribution is 0.0182. The summed E-state index contributed by atoms with van der Waals surface area (Å²) in [6, 6.07) is 0. The number of hydrogen-bond donors (Lipinski definition) is 1. The van der Waals surface area contributed by atoms with Crippen molar-refractivity contribution in [2.75, 3.05) is 32.8 Å². The molecule has 1 unspecified atom stereocenters. The third kappa shape index (κ3) is 3.72. The summed E-state index contributed by atoms with van der Waals surface area (Å²) in [7, 11) is 0. The van der Waals surface area contributed by atoms with Crippen LogP contribution in [0, 0.1) is 5.92 Å². The molecule has 1 saturated heterocycles. The maximum absolute atomic E-state index is 9.06. The zero-order valence-electron chi connectivity index (χ0n) is 10.2. The fourth-order valence-electron chi connectivity index (χ4n) is 2.85.